The maximum Gasteiger partial charge on any atom is 0.282 e. The van der Waals surface area contributed by atoms with Crippen molar-refractivity contribution in [1.29, 1.82) is 0 Å². The molecule has 0 fully saturated rings. The van der Waals surface area contributed by atoms with Crippen LogP contribution in [-0.2, 0) is 16.6 Å². The van der Waals surface area contributed by atoms with E-state index in [2.05, 4.69) is 19.9 Å². The third-order valence-corrected chi connectivity index (χ3v) is 4.05. The lowest BCUT2D eigenvalue weighted by Gasteiger charge is -2.07. The molecule has 0 spiro atoms. The standard InChI is InChI=1S/C10H11ClN4O3S/c1-6-7(5-16)10(14-13-6)19(17,18)15-9-8(11)3-2-4-12-9/h2-4,16H,5H2,1H3,(H,12,15)(H,13,14). The van der Waals surface area contributed by atoms with Crippen molar-refractivity contribution < 1.29 is 13.5 Å². The molecule has 19 heavy (non-hydrogen) atoms. The SMILES string of the molecule is Cc1[nH]nc(S(=O)(=O)Nc2ncccc2Cl)c1CO. The number of pyridine rings is 1. The first kappa shape index (κ1) is 13.8. The lowest BCUT2D eigenvalue weighted by molar-refractivity contribution is 0.277. The summed E-state index contributed by atoms with van der Waals surface area (Å²) in [5.41, 5.74) is 0.689. The molecule has 0 aliphatic heterocycles. The number of hydrogen-bond acceptors (Lipinski definition) is 5. The molecule has 3 N–H and O–H groups in total. The lowest BCUT2D eigenvalue weighted by Crippen LogP contribution is -2.16. The summed E-state index contributed by atoms with van der Waals surface area (Å²) in [6.45, 7) is 1.18. The van der Waals surface area contributed by atoms with Crippen LogP contribution in [0.25, 0.3) is 0 Å². The smallest absolute Gasteiger partial charge is 0.282 e. The summed E-state index contributed by atoms with van der Waals surface area (Å²) in [6, 6.07) is 3.09. The molecule has 0 amide bonds. The Hall–Kier alpha value is -1.64. The highest BCUT2D eigenvalue weighted by atomic mass is 35.5. The van der Waals surface area contributed by atoms with Crippen LogP contribution in [0.2, 0.25) is 5.02 Å². The van der Waals surface area contributed by atoms with Crippen LogP contribution in [0.15, 0.2) is 23.4 Å². The highest BCUT2D eigenvalue weighted by Gasteiger charge is 2.24. The molecule has 0 bridgehead atoms. The van der Waals surface area contributed by atoms with Gasteiger partial charge in [-0.2, -0.15) is 13.5 Å². The number of H-pyrrole nitrogens is 1. The monoisotopic (exact) mass is 302 g/mol. The van der Waals surface area contributed by atoms with Gasteiger partial charge in [0.1, 0.15) is 0 Å². The Balaban J connectivity index is 2.41. The maximum atomic E-state index is 12.1. The van der Waals surface area contributed by atoms with Crippen LogP contribution in [0, 0.1) is 6.92 Å². The van der Waals surface area contributed by atoms with E-state index in [0.717, 1.165) is 0 Å². The van der Waals surface area contributed by atoms with Crippen LogP contribution in [0.5, 0.6) is 0 Å². The highest BCUT2D eigenvalue weighted by Crippen LogP contribution is 2.23. The number of hydrogen-bond donors (Lipinski definition) is 3. The maximum absolute atomic E-state index is 12.1. The average molecular weight is 303 g/mol. The molecule has 9 heteroatoms. The van der Waals surface area contributed by atoms with Crippen molar-refractivity contribution in [3.63, 3.8) is 0 Å². The van der Waals surface area contributed by atoms with Crippen molar-refractivity contribution in [2.24, 2.45) is 0 Å². The summed E-state index contributed by atoms with van der Waals surface area (Å²) >= 11 is 5.83. The van der Waals surface area contributed by atoms with Gasteiger partial charge in [-0.1, -0.05) is 11.6 Å². The summed E-state index contributed by atoms with van der Waals surface area (Å²) < 4.78 is 26.5. The minimum atomic E-state index is -3.96. The van der Waals surface area contributed by atoms with E-state index in [0.29, 0.717) is 5.69 Å². The fourth-order valence-electron chi connectivity index (χ4n) is 1.47. The van der Waals surface area contributed by atoms with Gasteiger partial charge in [0.15, 0.2) is 5.82 Å². The molecule has 2 aromatic heterocycles. The van der Waals surface area contributed by atoms with Crippen molar-refractivity contribution in [3.8, 4) is 0 Å². The minimum absolute atomic E-state index is 0.00806. The summed E-state index contributed by atoms with van der Waals surface area (Å²) in [5.74, 6) is 0.00806. The molecule has 2 aromatic rings. The van der Waals surface area contributed by atoms with Crippen LogP contribution in [-0.4, -0.2) is 28.7 Å². The van der Waals surface area contributed by atoms with Gasteiger partial charge in [-0.05, 0) is 19.1 Å². The zero-order chi connectivity index (χ0) is 14.0. The molecule has 0 atom stereocenters. The molecule has 0 aromatic carbocycles. The first-order valence-electron chi connectivity index (χ1n) is 5.23. The van der Waals surface area contributed by atoms with Crippen molar-refractivity contribution in [2.45, 2.75) is 18.6 Å². The number of aryl methyl sites for hydroxylation is 1. The Morgan fingerprint density at radius 2 is 2.26 bits per heavy atom. The lowest BCUT2D eigenvalue weighted by atomic mass is 10.3. The second-order valence-corrected chi connectivity index (χ2v) is 5.73. The van der Waals surface area contributed by atoms with Crippen molar-refractivity contribution in [3.05, 3.63) is 34.6 Å². The number of aromatic amines is 1. The number of nitrogens with zero attached hydrogens (tertiary/aromatic N) is 2. The van der Waals surface area contributed by atoms with Crippen molar-refractivity contribution >= 4 is 27.4 Å². The Bertz CT molecular complexity index is 699. The number of nitrogens with one attached hydrogen (secondary N) is 2. The van der Waals surface area contributed by atoms with E-state index in [4.69, 9.17) is 11.6 Å². The average Bonchev–Trinajstić information content (AvgIpc) is 2.74. The summed E-state index contributed by atoms with van der Waals surface area (Å²) in [6.07, 6.45) is 1.41. The first-order valence-corrected chi connectivity index (χ1v) is 7.10. The van der Waals surface area contributed by atoms with Crippen LogP contribution in [0.4, 0.5) is 5.82 Å². The second kappa shape index (κ2) is 5.16. The third-order valence-electron chi connectivity index (χ3n) is 2.44. The van der Waals surface area contributed by atoms with Crippen molar-refractivity contribution in [2.75, 3.05) is 4.72 Å². The van der Waals surface area contributed by atoms with Gasteiger partial charge < -0.3 is 5.11 Å². The van der Waals surface area contributed by atoms with Crippen LogP contribution in [0.1, 0.15) is 11.3 Å². The van der Waals surface area contributed by atoms with Gasteiger partial charge in [-0.15, -0.1) is 0 Å². The Labute approximate surface area is 114 Å². The highest BCUT2D eigenvalue weighted by molar-refractivity contribution is 7.92. The number of sulfonamides is 1. The van der Waals surface area contributed by atoms with E-state index in [1.807, 2.05) is 0 Å². The Morgan fingerprint density at radius 1 is 1.53 bits per heavy atom. The number of aliphatic hydroxyl groups excluding tert-OH is 1. The predicted molar refractivity (Wildman–Crippen MR) is 69.3 cm³/mol. The predicted octanol–water partition coefficient (Wildman–Crippen LogP) is 1.06. The molecule has 0 aliphatic rings. The largest absolute Gasteiger partial charge is 0.392 e. The quantitative estimate of drug-likeness (QED) is 0.782. The first-order chi connectivity index (χ1) is 8.95. The Morgan fingerprint density at radius 3 is 2.89 bits per heavy atom. The Kier molecular flexibility index (Phi) is 3.74. The second-order valence-electron chi connectivity index (χ2n) is 3.73. The third kappa shape index (κ3) is 2.70. The molecule has 0 unspecified atom stereocenters. The van der Waals surface area contributed by atoms with Gasteiger partial charge in [0.2, 0.25) is 5.03 Å². The van der Waals surface area contributed by atoms with Crippen LogP contribution in [0.3, 0.4) is 0 Å². The van der Waals surface area contributed by atoms with Gasteiger partial charge >= 0.3 is 0 Å². The number of aromatic nitrogens is 3. The molecule has 2 rings (SSSR count). The molecular weight excluding hydrogens is 292 g/mol. The molecule has 0 saturated heterocycles. The molecule has 7 nitrogen and oxygen atoms in total. The zero-order valence-electron chi connectivity index (χ0n) is 9.88. The van der Waals surface area contributed by atoms with E-state index in [-0.39, 0.29) is 21.4 Å². The van der Waals surface area contributed by atoms with Gasteiger partial charge in [0.25, 0.3) is 10.0 Å². The summed E-state index contributed by atoms with van der Waals surface area (Å²) in [5, 5.41) is 15.3. The zero-order valence-corrected chi connectivity index (χ0v) is 11.5. The molecule has 2 heterocycles. The fraction of sp³-hybridized carbons (Fsp3) is 0.200. The van der Waals surface area contributed by atoms with Gasteiger partial charge in [-0.25, -0.2) is 4.98 Å². The fourth-order valence-corrected chi connectivity index (χ4v) is 2.92. The summed E-state index contributed by atoms with van der Waals surface area (Å²) in [7, 11) is -3.96. The summed E-state index contributed by atoms with van der Waals surface area (Å²) in [4.78, 5) is 3.83. The van der Waals surface area contributed by atoms with E-state index >= 15 is 0 Å². The van der Waals surface area contributed by atoms with E-state index in [1.54, 1.807) is 13.0 Å². The van der Waals surface area contributed by atoms with E-state index < -0.39 is 16.6 Å². The van der Waals surface area contributed by atoms with Gasteiger partial charge in [0.05, 0.1) is 11.6 Å². The number of anilines is 1. The molecule has 0 saturated carbocycles. The number of aliphatic hydroxyl groups is 1. The van der Waals surface area contributed by atoms with Crippen LogP contribution >= 0.6 is 11.6 Å². The topological polar surface area (TPSA) is 108 Å². The minimum Gasteiger partial charge on any atom is -0.392 e. The molecular formula is C10H11ClN4O3S. The molecule has 0 aliphatic carbocycles. The van der Waals surface area contributed by atoms with Gasteiger partial charge in [-0.3, -0.25) is 9.82 Å². The van der Waals surface area contributed by atoms with Gasteiger partial charge in [0, 0.05) is 17.5 Å². The van der Waals surface area contributed by atoms with Crippen molar-refractivity contribution in [1.82, 2.24) is 15.2 Å². The van der Waals surface area contributed by atoms with Crippen LogP contribution < -0.4 is 4.72 Å². The molecule has 102 valence electrons. The van der Waals surface area contributed by atoms with E-state index in [1.165, 1.54) is 12.3 Å². The van der Waals surface area contributed by atoms with E-state index in [9.17, 15) is 13.5 Å². The normalized spacial score (nSPS) is 11.5. The number of halogens is 1. The molecule has 0 radical (unpaired) electrons. The number of rotatable bonds is 4.